The molecule has 2 N–H and O–H groups in total. The molecule has 1 atom stereocenters. The van der Waals surface area contributed by atoms with Gasteiger partial charge in [-0.1, -0.05) is 0 Å². The first-order valence-electron chi connectivity index (χ1n) is 5.89. The third-order valence-corrected chi connectivity index (χ3v) is 2.79. The number of H-pyrrole nitrogens is 1. The van der Waals surface area contributed by atoms with Crippen LogP contribution >= 0.6 is 0 Å². The van der Waals surface area contributed by atoms with E-state index in [0.29, 0.717) is 12.3 Å². The number of amides is 1. The SMILES string of the molecule is C[C@@H](C(=O)Nc1cc(C(F)(F)F)c[nH]c1=O)n1cccn1. The van der Waals surface area contributed by atoms with Crippen molar-refractivity contribution in [2.75, 3.05) is 5.32 Å². The molecule has 2 aromatic rings. The van der Waals surface area contributed by atoms with E-state index in [0.717, 1.165) is 0 Å². The first-order valence-corrected chi connectivity index (χ1v) is 5.89. The number of pyridine rings is 1. The van der Waals surface area contributed by atoms with Crippen molar-refractivity contribution in [2.24, 2.45) is 0 Å². The van der Waals surface area contributed by atoms with Gasteiger partial charge in [0.05, 0.1) is 5.56 Å². The van der Waals surface area contributed by atoms with Gasteiger partial charge < -0.3 is 10.3 Å². The summed E-state index contributed by atoms with van der Waals surface area (Å²) in [6.07, 6.45) is -1.08. The molecule has 2 rings (SSSR count). The number of halogens is 3. The van der Waals surface area contributed by atoms with Crippen molar-refractivity contribution in [2.45, 2.75) is 19.1 Å². The predicted molar refractivity (Wildman–Crippen MR) is 67.6 cm³/mol. The van der Waals surface area contributed by atoms with Gasteiger partial charge in [-0.2, -0.15) is 18.3 Å². The molecule has 1 amide bonds. The summed E-state index contributed by atoms with van der Waals surface area (Å²) >= 11 is 0. The van der Waals surface area contributed by atoms with Gasteiger partial charge in [-0.05, 0) is 19.1 Å². The van der Waals surface area contributed by atoms with Gasteiger partial charge in [-0.15, -0.1) is 0 Å². The lowest BCUT2D eigenvalue weighted by Crippen LogP contribution is -2.27. The van der Waals surface area contributed by atoms with Gasteiger partial charge in [-0.3, -0.25) is 14.3 Å². The Balaban J connectivity index is 2.23. The number of rotatable bonds is 3. The number of aromatic amines is 1. The number of hydrogen-bond acceptors (Lipinski definition) is 3. The van der Waals surface area contributed by atoms with E-state index in [1.54, 1.807) is 6.07 Å². The second kappa shape index (κ2) is 5.43. The summed E-state index contributed by atoms with van der Waals surface area (Å²) in [7, 11) is 0. The smallest absolute Gasteiger partial charge is 0.327 e. The Bertz CT molecular complexity index is 691. The Labute approximate surface area is 116 Å². The highest BCUT2D eigenvalue weighted by atomic mass is 19.4. The van der Waals surface area contributed by atoms with Crippen LogP contribution in [-0.4, -0.2) is 20.7 Å². The summed E-state index contributed by atoms with van der Waals surface area (Å²) in [5.41, 5.74) is -2.33. The number of carbonyl (C=O) groups excluding carboxylic acids is 1. The third kappa shape index (κ3) is 3.30. The van der Waals surface area contributed by atoms with E-state index in [4.69, 9.17) is 0 Å². The molecule has 0 unspecified atom stereocenters. The fourth-order valence-corrected chi connectivity index (χ4v) is 1.61. The Kier molecular flexibility index (Phi) is 3.83. The molecular weight excluding hydrogens is 289 g/mol. The number of nitrogens with zero attached hydrogens (tertiary/aromatic N) is 2. The molecule has 2 aromatic heterocycles. The summed E-state index contributed by atoms with van der Waals surface area (Å²) in [6.45, 7) is 1.50. The molecule has 2 heterocycles. The van der Waals surface area contributed by atoms with E-state index in [-0.39, 0.29) is 0 Å². The van der Waals surface area contributed by atoms with Gasteiger partial charge in [0.15, 0.2) is 0 Å². The Morgan fingerprint density at radius 3 is 2.76 bits per heavy atom. The van der Waals surface area contributed by atoms with Crippen LogP contribution in [0.4, 0.5) is 18.9 Å². The average molecular weight is 300 g/mol. The minimum absolute atomic E-state index is 0.464. The molecule has 0 bridgehead atoms. The molecule has 21 heavy (non-hydrogen) atoms. The van der Waals surface area contributed by atoms with Crippen LogP contribution in [0.15, 0.2) is 35.5 Å². The van der Waals surface area contributed by atoms with Gasteiger partial charge in [0.25, 0.3) is 5.56 Å². The van der Waals surface area contributed by atoms with Gasteiger partial charge in [0.1, 0.15) is 11.7 Å². The summed E-state index contributed by atoms with van der Waals surface area (Å²) in [5.74, 6) is -0.650. The second-order valence-electron chi connectivity index (χ2n) is 4.28. The van der Waals surface area contributed by atoms with Gasteiger partial charge in [0.2, 0.25) is 5.91 Å². The zero-order valence-electron chi connectivity index (χ0n) is 10.8. The van der Waals surface area contributed by atoms with Crippen molar-refractivity contribution in [1.29, 1.82) is 0 Å². The maximum Gasteiger partial charge on any atom is 0.417 e. The first-order chi connectivity index (χ1) is 9.79. The topological polar surface area (TPSA) is 79.8 Å². The highest BCUT2D eigenvalue weighted by Crippen LogP contribution is 2.29. The molecule has 0 fully saturated rings. The molecular formula is C12H11F3N4O2. The minimum Gasteiger partial charge on any atom is -0.327 e. The van der Waals surface area contributed by atoms with E-state index in [1.165, 1.54) is 24.0 Å². The lowest BCUT2D eigenvalue weighted by molar-refractivity contribution is -0.137. The largest absolute Gasteiger partial charge is 0.417 e. The van der Waals surface area contributed by atoms with Crippen LogP contribution in [0.2, 0.25) is 0 Å². The van der Waals surface area contributed by atoms with Crippen LogP contribution in [0.1, 0.15) is 18.5 Å². The lowest BCUT2D eigenvalue weighted by atomic mass is 10.2. The molecule has 0 aliphatic heterocycles. The molecule has 9 heteroatoms. The highest BCUT2D eigenvalue weighted by molar-refractivity contribution is 5.93. The third-order valence-electron chi connectivity index (χ3n) is 2.79. The number of aromatic nitrogens is 3. The van der Waals surface area contributed by atoms with Crippen molar-refractivity contribution >= 4 is 11.6 Å². The van der Waals surface area contributed by atoms with Crippen molar-refractivity contribution in [3.8, 4) is 0 Å². The van der Waals surface area contributed by atoms with Gasteiger partial charge >= 0.3 is 6.18 Å². The van der Waals surface area contributed by atoms with Crippen LogP contribution in [0.5, 0.6) is 0 Å². The molecule has 0 radical (unpaired) electrons. The fraction of sp³-hybridized carbons (Fsp3) is 0.250. The van der Waals surface area contributed by atoms with Crippen molar-refractivity contribution in [1.82, 2.24) is 14.8 Å². The standard InChI is InChI=1S/C12H11F3N4O2/c1-7(19-4-2-3-17-19)10(20)18-9-5-8(12(13,14)15)6-16-11(9)21/h2-7H,1H3,(H,16,21)(H,18,20)/t7-/m0/s1. The number of nitrogens with one attached hydrogen (secondary N) is 2. The predicted octanol–water partition coefficient (Wildman–Crippen LogP) is 1.79. The average Bonchev–Trinajstić information content (AvgIpc) is 2.92. The number of alkyl halides is 3. The highest BCUT2D eigenvalue weighted by Gasteiger charge is 2.31. The van der Waals surface area contributed by atoms with E-state index >= 15 is 0 Å². The molecule has 0 saturated heterocycles. The number of anilines is 1. The van der Waals surface area contributed by atoms with Crippen LogP contribution in [-0.2, 0) is 11.0 Å². The molecule has 6 nitrogen and oxygen atoms in total. The Morgan fingerprint density at radius 1 is 1.48 bits per heavy atom. The zero-order chi connectivity index (χ0) is 15.6. The second-order valence-corrected chi connectivity index (χ2v) is 4.28. The van der Waals surface area contributed by atoms with Crippen LogP contribution in [0, 0.1) is 0 Å². The van der Waals surface area contributed by atoms with Gasteiger partial charge in [-0.25, -0.2) is 0 Å². The first kappa shape index (κ1) is 14.8. The Hall–Kier alpha value is -2.58. The van der Waals surface area contributed by atoms with Crippen LogP contribution in [0.3, 0.4) is 0 Å². The summed E-state index contributed by atoms with van der Waals surface area (Å²) in [5, 5.41) is 6.02. The summed E-state index contributed by atoms with van der Waals surface area (Å²) in [4.78, 5) is 25.3. The van der Waals surface area contributed by atoms with E-state index in [9.17, 15) is 22.8 Å². The van der Waals surface area contributed by atoms with Crippen molar-refractivity contribution in [3.63, 3.8) is 0 Å². The lowest BCUT2D eigenvalue weighted by Gasteiger charge is -2.13. The quantitative estimate of drug-likeness (QED) is 0.907. The summed E-state index contributed by atoms with van der Waals surface area (Å²) < 4.78 is 39.0. The van der Waals surface area contributed by atoms with Crippen LogP contribution < -0.4 is 10.9 Å². The van der Waals surface area contributed by atoms with Crippen LogP contribution in [0.25, 0.3) is 0 Å². The molecule has 112 valence electrons. The zero-order valence-corrected chi connectivity index (χ0v) is 10.8. The molecule has 0 aliphatic carbocycles. The maximum atomic E-state index is 12.6. The summed E-state index contributed by atoms with van der Waals surface area (Å²) in [6, 6.07) is 1.42. The normalized spacial score (nSPS) is 13.0. The molecule has 0 spiro atoms. The number of hydrogen-bond donors (Lipinski definition) is 2. The fourth-order valence-electron chi connectivity index (χ4n) is 1.61. The van der Waals surface area contributed by atoms with Crippen molar-refractivity contribution < 1.29 is 18.0 Å². The van der Waals surface area contributed by atoms with E-state index < -0.39 is 34.9 Å². The molecule has 0 saturated carbocycles. The molecule has 0 aromatic carbocycles. The van der Waals surface area contributed by atoms with Gasteiger partial charge in [0, 0.05) is 18.6 Å². The van der Waals surface area contributed by atoms with E-state index in [2.05, 4.69) is 10.4 Å². The maximum absolute atomic E-state index is 12.6. The monoisotopic (exact) mass is 300 g/mol. The number of carbonyl (C=O) groups is 1. The molecule has 0 aliphatic rings. The minimum atomic E-state index is -4.61. The van der Waals surface area contributed by atoms with Crippen molar-refractivity contribution in [3.05, 3.63) is 46.6 Å². The Morgan fingerprint density at radius 2 is 2.19 bits per heavy atom. The van der Waals surface area contributed by atoms with E-state index in [1.807, 2.05) is 4.98 Å².